The van der Waals surface area contributed by atoms with E-state index in [2.05, 4.69) is 15.5 Å². The van der Waals surface area contributed by atoms with Crippen LogP contribution in [0.25, 0.3) is 11.4 Å². The number of carbonyl (C=O) groups excluding carboxylic acids is 1. The lowest BCUT2D eigenvalue weighted by atomic mass is 10.1. The number of hydrogen-bond donors (Lipinski definition) is 2. The van der Waals surface area contributed by atoms with Crippen LogP contribution in [0.1, 0.15) is 27.9 Å². The smallest absolute Gasteiger partial charge is 0.387 e. The highest BCUT2D eigenvalue weighted by molar-refractivity contribution is 5.89. The Bertz CT molecular complexity index is 909. The first kappa shape index (κ1) is 18.6. The molecule has 0 aliphatic heterocycles. The zero-order chi connectivity index (χ0) is 19.4. The summed E-state index contributed by atoms with van der Waals surface area (Å²) in [6, 6.07) is 12.9. The van der Waals surface area contributed by atoms with Gasteiger partial charge in [0.05, 0.1) is 11.7 Å². The van der Waals surface area contributed by atoms with Crippen LogP contribution >= 0.6 is 0 Å². The summed E-state index contributed by atoms with van der Waals surface area (Å²) in [5.41, 5.74) is 0.103. The summed E-state index contributed by atoms with van der Waals surface area (Å²) < 4.78 is 42.6. The normalized spacial score (nSPS) is 12.6. The number of aliphatic hydroxyl groups is 1. The maximum Gasteiger partial charge on any atom is 0.416 e. The van der Waals surface area contributed by atoms with Crippen molar-refractivity contribution in [1.82, 2.24) is 15.5 Å². The quantitative estimate of drug-likeness (QED) is 0.713. The van der Waals surface area contributed by atoms with Crippen LogP contribution < -0.4 is 5.32 Å². The highest BCUT2D eigenvalue weighted by Crippen LogP contribution is 2.30. The predicted octanol–water partition coefficient (Wildman–Crippen LogP) is 3.22. The van der Waals surface area contributed by atoms with Crippen molar-refractivity contribution in [2.75, 3.05) is 6.54 Å². The molecule has 3 rings (SSSR count). The van der Waals surface area contributed by atoms with E-state index in [0.717, 1.165) is 12.1 Å². The zero-order valence-corrected chi connectivity index (χ0v) is 13.8. The summed E-state index contributed by atoms with van der Waals surface area (Å²) in [5.74, 6) is -1.07. The fraction of sp³-hybridized carbons (Fsp3) is 0.167. The highest BCUT2D eigenvalue weighted by Gasteiger charge is 2.30. The second-order valence-electron chi connectivity index (χ2n) is 5.63. The number of aromatic nitrogens is 2. The lowest BCUT2D eigenvalue weighted by Gasteiger charge is -2.10. The molecule has 2 aromatic carbocycles. The van der Waals surface area contributed by atoms with E-state index in [0.29, 0.717) is 5.56 Å². The van der Waals surface area contributed by atoms with Gasteiger partial charge in [0.15, 0.2) is 0 Å². The summed E-state index contributed by atoms with van der Waals surface area (Å²) in [5, 5.41) is 16.1. The molecule has 9 heteroatoms. The van der Waals surface area contributed by atoms with Crippen LogP contribution in [0.2, 0.25) is 0 Å². The molecule has 6 nitrogen and oxygen atoms in total. The Hall–Kier alpha value is -3.20. The fourth-order valence-electron chi connectivity index (χ4n) is 2.30. The molecular weight excluding hydrogens is 363 g/mol. The van der Waals surface area contributed by atoms with Gasteiger partial charge >= 0.3 is 18.0 Å². The van der Waals surface area contributed by atoms with Crippen molar-refractivity contribution in [2.45, 2.75) is 12.3 Å². The van der Waals surface area contributed by atoms with Crippen molar-refractivity contribution in [2.24, 2.45) is 0 Å². The van der Waals surface area contributed by atoms with Crippen molar-refractivity contribution < 1.29 is 27.6 Å². The van der Waals surface area contributed by atoms with Gasteiger partial charge in [0.2, 0.25) is 5.82 Å². The first-order valence-corrected chi connectivity index (χ1v) is 7.87. The first-order valence-electron chi connectivity index (χ1n) is 7.87. The van der Waals surface area contributed by atoms with Crippen molar-refractivity contribution in [1.29, 1.82) is 0 Å². The van der Waals surface area contributed by atoms with Crippen LogP contribution in [0.4, 0.5) is 13.2 Å². The molecule has 1 atom stereocenters. The van der Waals surface area contributed by atoms with E-state index in [1.165, 1.54) is 12.1 Å². The monoisotopic (exact) mass is 377 g/mol. The third-order valence-corrected chi connectivity index (χ3v) is 3.73. The van der Waals surface area contributed by atoms with Crippen LogP contribution in [0.15, 0.2) is 59.1 Å². The summed E-state index contributed by atoms with van der Waals surface area (Å²) in [7, 11) is 0. The molecule has 1 unspecified atom stereocenters. The van der Waals surface area contributed by atoms with Gasteiger partial charge < -0.3 is 14.9 Å². The lowest BCUT2D eigenvalue weighted by molar-refractivity contribution is -0.137. The van der Waals surface area contributed by atoms with E-state index in [9.17, 15) is 23.1 Å². The zero-order valence-electron chi connectivity index (χ0n) is 13.8. The third kappa shape index (κ3) is 4.50. The largest absolute Gasteiger partial charge is 0.416 e. The summed E-state index contributed by atoms with van der Waals surface area (Å²) >= 11 is 0. The maximum atomic E-state index is 12.6. The lowest BCUT2D eigenvalue weighted by Crippen LogP contribution is -2.28. The number of carbonyl (C=O) groups is 1. The predicted molar refractivity (Wildman–Crippen MR) is 88.5 cm³/mol. The van der Waals surface area contributed by atoms with Gasteiger partial charge in [0, 0.05) is 12.1 Å². The first-order chi connectivity index (χ1) is 12.8. The summed E-state index contributed by atoms with van der Waals surface area (Å²) in [6.07, 6.45) is -5.35. The topological polar surface area (TPSA) is 88.2 Å². The van der Waals surface area contributed by atoms with E-state index >= 15 is 0 Å². The minimum absolute atomic E-state index is 0.0162. The van der Waals surface area contributed by atoms with E-state index in [1.54, 1.807) is 30.3 Å². The van der Waals surface area contributed by atoms with E-state index < -0.39 is 23.8 Å². The second-order valence-corrected chi connectivity index (χ2v) is 5.63. The average Bonchev–Trinajstić information content (AvgIpc) is 3.16. The number of alkyl halides is 3. The van der Waals surface area contributed by atoms with Crippen LogP contribution in [-0.4, -0.2) is 27.7 Å². The number of halogens is 3. The Balaban J connectivity index is 1.64. The van der Waals surface area contributed by atoms with Crippen LogP contribution in [-0.2, 0) is 6.18 Å². The van der Waals surface area contributed by atoms with Crippen LogP contribution in [0.3, 0.4) is 0 Å². The number of aliphatic hydroxyl groups excluding tert-OH is 1. The number of amides is 1. The highest BCUT2D eigenvalue weighted by atomic mass is 19.4. The van der Waals surface area contributed by atoms with E-state index in [4.69, 9.17) is 4.52 Å². The molecule has 2 N–H and O–H groups in total. The third-order valence-electron chi connectivity index (χ3n) is 3.73. The molecular formula is C18H14F3N3O3. The molecule has 3 aromatic rings. The molecule has 0 saturated heterocycles. The average molecular weight is 377 g/mol. The Morgan fingerprint density at radius 2 is 1.78 bits per heavy atom. The molecule has 1 aromatic heterocycles. The minimum atomic E-state index is -4.44. The van der Waals surface area contributed by atoms with Crippen molar-refractivity contribution in [3.63, 3.8) is 0 Å². The fourth-order valence-corrected chi connectivity index (χ4v) is 2.30. The Labute approximate surface area is 151 Å². The van der Waals surface area contributed by atoms with Gasteiger partial charge in [0.1, 0.15) is 0 Å². The van der Waals surface area contributed by atoms with Crippen molar-refractivity contribution in [3.8, 4) is 11.4 Å². The molecule has 0 saturated carbocycles. The summed E-state index contributed by atoms with van der Waals surface area (Å²) in [4.78, 5) is 15.9. The standard InChI is InChI=1S/C18H14F3N3O3/c19-18(20,21)13-8-6-12(7-9-13)15-23-17(27-24-15)16(26)22-10-14(25)11-4-2-1-3-5-11/h1-9,14,25H,10H2,(H,22,26). The van der Waals surface area contributed by atoms with Gasteiger partial charge in [0.25, 0.3) is 0 Å². The molecule has 0 fully saturated rings. The van der Waals surface area contributed by atoms with Crippen LogP contribution in [0, 0.1) is 0 Å². The van der Waals surface area contributed by atoms with Gasteiger partial charge in [-0.2, -0.15) is 18.2 Å². The molecule has 0 radical (unpaired) electrons. The van der Waals surface area contributed by atoms with Gasteiger partial charge in [-0.25, -0.2) is 0 Å². The number of hydrogen-bond acceptors (Lipinski definition) is 5. The van der Waals surface area contributed by atoms with Gasteiger partial charge in [-0.05, 0) is 17.7 Å². The Morgan fingerprint density at radius 3 is 2.41 bits per heavy atom. The van der Waals surface area contributed by atoms with Gasteiger partial charge in [-0.1, -0.05) is 47.6 Å². The molecule has 140 valence electrons. The summed E-state index contributed by atoms with van der Waals surface area (Å²) in [6.45, 7) is -0.0686. The molecule has 27 heavy (non-hydrogen) atoms. The van der Waals surface area contributed by atoms with Crippen LogP contribution in [0.5, 0.6) is 0 Å². The minimum Gasteiger partial charge on any atom is -0.387 e. The Kier molecular flexibility index (Phi) is 5.22. The molecule has 1 heterocycles. The molecule has 0 spiro atoms. The maximum absolute atomic E-state index is 12.6. The number of nitrogens with zero attached hydrogens (tertiary/aromatic N) is 2. The van der Waals surface area contributed by atoms with Gasteiger partial charge in [-0.3, -0.25) is 4.79 Å². The number of benzene rings is 2. The van der Waals surface area contributed by atoms with Crippen molar-refractivity contribution in [3.05, 3.63) is 71.6 Å². The number of nitrogens with one attached hydrogen (secondary N) is 1. The molecule has 1 amide bonds. The van der Waals surface area contributed by atoms with Crippen molar-refractivity contribution >= 4 is 5.91 Å². The molecule has 0 aliphatic rings. The number of rotatable bonds is 5. The van der Waals surface area contributed by atoms with E-state index in [-0.39, 0.29) is 23.8 Å². The Morgan fingerprint density at radius 1 is 1.11 bits per heavy atom. The molecule has 0 bridgehead atoms. The second kappa shape index (κ2) is 7.58. The SMILES string of the molecule is O=C(NCC(O)c1ccccc1)c1nc(-c2ccc(C(F)(F)F)cc2)no1. The van der Waals surface area contributed by atoms with E-state index in [1.807, 2.05) is 0 Å². The van der Waals surface area contributed by atoms with Gasteiger partial charge in [-0.15, -0.1) is 0 Å². The molecule has 0 aliphatic carbocycles.